The number of rotatable bonds is 12. The molecule has 3 rings (SSSR count). The van der Waals surface area contributed by atoms with E-state index in [1.54, 1.807) is 6.92 Å². The highest BCUT2D eigenvalue weighted by molar-refractivity contribution is 7.99. The van der Waals surface area contributed by atoms with Gasteiger partial charge in [-0.3, -0.25) is 9.69 Å². The van der Waals surface area contributed by atoms with Gasteiger partial charge < -0.3 is 45.1 Å². The van der Waals surface area contributed by atoms with Gasteiger partial charge in [-0.25, -0.2) is 4.79 Å². The lowest BCUT2D eigenvalue weighted by atomic mass is 9.91. The number of likely N-dealkylation sites (tertiary alicyclic amines) is 1. The molecule has 226 valence electrons. The van der Waals surface area contributed by atoms with Crippen molar-refractivity contribution in [2.24, 2.45) is 5.92 Å². The molecule has 40 heavy (non-hydrogen) atoms. The average Bonchev–Trinajstić information content (AvgIpc) is 3.30. The zero-order valence-corrected chi connectivity index (χ0v) is 24.1. The number of aromatic hydroxyl groups is 2. The fourth-order valence-electron chi connectivity index (χ4n) is 5.28. The lowest BCUT2D eigenvalue weighted by Gasteiger charge is -2.44. The van der Waals surface area contributed by atoms with Crippen LogP contribution in [0.2, 0.25) is 0 Å². The fourth-order valence-corrected chi connectivity index (χ4v) is 6.25. The van der Waals surface area contributed by atoms with E-state index in [-0.39, 0.29) is 41.4 Å². The van der Waals surface area contributed by atoms with Crippen molar-refractivity contribution in [2.75, 3.05) is 33.1 Å². The average molecular weight is 587 g/mol. The van der Waals surface area contributed by atoms with Crippen LogP contribution in [-0.2, 0) is 19.0 Å². The van der Waals surface area contributed by atoms with Crippen molar-refractivity contribution in [1.29, 1.82) is 0 Å². The first kappa shape index (κ1) is 32.4. The van der Waals surface area contributed by atoms with Gasteiger partial charge in [-0.1, -0.05) is 13.3 Å². The summed E-state index contributed by atoms with van der Waals surface area (Å²) < 4.78 is 16.7. The predicted molar refractivity (Wildman–Crippen MR) is 147 cm³/mol. The summed E-state index contributed by atoms with van der Waals surface area (Å²) in [7, 11) is 3.37. The van der Waals surface area contributed by atoms with Crippen molar-refractivity contribution in [3.63, 3.8) is 0 Å². The third kappa shape index (κ3) is 7.78. The SMILES string of the molecule is CCC[C@@H]1C[C@@H](C(=O)N[C@@H]([C@H]2O[C@H](SCCOC(=O)c3cc(O)ccc3O)[C@H](O)[C@@H](O)[C@H]2O)[C@@H](C)OC)N(C)C1. The van der Waals surface area contributed by atoms with E-state index in [1.165, 1.54) is 19.2 Å². The van der Waals surface area contributed by atoms with Gasteiger partial charge in [0.2, 0.25) is 5.91 Å². The van der Waals surface area contributed by atoms with Crippen LogP contribution in [0.5, 0.6) is 11.5 Å². The number of amides is 1. The number of hydrogen-bond acceptors (Lipinski definition) is 12. The number of esters is 1. The van der Waals surface area contributed by atoms with Crippen molar-refractivity contribution in [1.82, 2.24) is 10.2 Å². The van der Waals surface area contributed by atoms with E-state index in [1.807, 2.05) is 11.9 Å². The molecule has 1 amide bonds. The summed E-state index contributed by atoms with van der Waals surface area (Å²) >= 11 is 1.05. The van der Waals surface area contributed by atoms with Gasteiger partial charge in [0.25, 0.3) is 0 Å². The second-order valence-electron chi connectivity index (χ2n) is 10.5. The van der Waals surface area contributed by atoms with Crippen molar-refractivity contribution in [2.45, 2.75) is 81.1 Å². The normalized spacial score (nSPS) is 30.5. The Morgan fingerprint density at radius 2 is 1.93 bits per heavy atom. The van der Waals surface area contributed by atoms with E-state index in [0.29, 0.717) is 5.92 Å². The molecule has 9 atom stereocenters. The van der Waals surface area contributed by atoms with Crippen molar-refractivity contribution < 1.29 is 49.3 Å². The van der Waals surface area contributed by atoms with Crippen LogP contribution in [-0.4, -0.2) is 123 Å². The van der Waals surface area contributed by atoms with E-state index in [2.05, 4.69) is 12.2 Å². The van der Waals surface area contributed by atoms with Gasteiger partial charge >= 0.3 is 5.97 Å². The second-order valence-corrected chi connectivity index (χ2v) is 11.7. The number of ether oxygens (including phenoxy) is 3. The van der Waals surface area contributed by atoms with Crippen LogP contribution >= 0.6 is 11.8 Å². The summed E-state index contributed by atoms with van der Waals surface area (Å²) in [5.74, 6) is -1.05. The van der Waals surface area contributed by atoms with Gasteiger partial charge in [0, 0.05) is 19.4 Å². The van der Waals surface area contributed by atoms with E-state index >= 15 is 0 Å². The van der Waals surface area contributed by atoms with Gasteiger partial charge in [0.05, 0.1) is 18.2 Å². The van der Waals surface area contributed by atoms with Crippen LogP contribution in [0.4, 0.5) is 0 Å². The number of nitrogens with one attached hydrogen (secondary N) is 1. The minimum absolute atomic E-state index is 0.129. The van der Waals surface area contributed by atoms with E-state index < -0.39 is 48.0 Å². The van der Waals surface area contributed by atoms with Crippen LogP contribution in [0.3, 0.4) is 0 Å². The molecular formula is C27H42N2O10S. The predicted octanol–water partition coefficient (Wildman–Crippen LogP) is 0.436. The molecule has 0 radical (unpaired) electrons. The molecule has 6 N–H and O–H groups in total. The number of nitrogens with zero attached hydrogens (tertiary/aromatic N) is 1. The molecule has 2 saturated heterocycles. The standard InChI is InChI=1S/C27H42N2O10S/c1-5-6-15-11-18(29(3)13-15)25(35)28-20(14(2)37-4)24-22(33)21(32)23(34)27(39-24)40-10-9-38-26(36)17-12-16(30)7-8-19(17)31/h7-8,12,14-15,18,20-24,27,30-34H,5-6,9-11,13H2,1-4H3,(H,28,35)/t14-,15-,18+,20-,21+,22-,23-,24-,27-/m1/s1. The number of carbonyl (C=O) groups excluding carboxylic acids is 2. The molecule has 2 fully saturated rings. The quantitative estimate of drug-likeness (QED) is 0.113. The lowest BCUT2D eigenvalue weighted by Crippen LogP contribution is -2.66. The molecule has 2 heterocycles. The summed E-state index contributed by atoms with van der Waals surface area (Å²) in [6.45, 7) is 4.52. The van der Waals surface area contributed by atoms with Gasteiger partial charge in [-0.05, 0) is 50.9 Å². The Morgan fingerprint density at radius 3 is 2.60 bits per heavy atom. The van der Waals surface area contributed by atoms with Crippen LogP contribution in [0, 0.1) is 5.92 Å². The largest absolute Gasteiger partial charge is 0.508 e. The van der Waals surface area contributed by atoms with E-state index in [0.717, 1.165) is 43.6 Å². The molecule has 0 unspecified atom stereocenters. The summed E-state index contributed by atoms with van der Waals surface area (Å²) in [6, 6.07) is 2.31. The van der Waals surface area contributed by atoms with Crippen LogP contribution in [0.25, 0.3) is 0 Å². The molecule has 12 nitrogen and oxygen atoms in total. The number of phenols is 2. The number of benzene rings is 1. The highest BCUT2D eigenvalue weighted by atomic mass is 32.2. The zero-order valence-electron chi connectivity index (χ0n) is 23.3. The summed E-state index contributed by atoms with van der Waals surface area (Å²) in [5.41, 5.74) is -1.21. The van der Waals surface area contributed by atoms with Crippen LogP contribution < -0.4 is 5.32 Å². The highest BCUT2D eigenvalue weighted by Crippen LogP contribution is 2.32. The molecule has 1 aromatic carbocycles. The number of hydrogen-bond donors (Lipinski definition) is 6. The maximum Gasteiger partial charge on any atom is 0.342 e. The van der Waals surface area contributed by atoms with Gasteiger partial charge in [-0.15, -0.1) is 11.8 Å². The monoisotopic (exact) mass is 586 g/mol. The highest BCUT2D eigenvalue weighted by Gasteiger charge is 2.49. The van der Waals surface area contributed by atoms with Crippen LogP contribution in [0.1, 0.15) is 43.5 Å². The van der Waals surface area contributed by atoms with Gasteiger partial charge in [0.1, 0.15) is 53.5 Å². The molecule has 2 aliphatic rings. The number of aliphatic hydroxyl groups excluding tert-OH is 3. The molecule has 0 aliphatic carbocycles. The lowest BCUT2D eigenvalue weighted by molar-refractivity contribution is -0.212. The molecular weight excluding hydrogens is 544 g/mol. The first-order valence-corrected chi connectivity index (χ1v) is 14.6. The number of likely N-dealkylation sites (N-methyl/N-ethyl adjacent to an activating group) is 1. The van der Waals surface area contributed by atoms with Gasteiger partial charge in [0.15, 0.2) is 0 Å². The Hall–Kier alpha value is -2.13. The van der Waals surface area contributed by atoms with Gasteiger partial charge in [-0.2, -0.15) is 0 Å². The number of thioether (sulfide) groups is 1. The van der Waals surface area contributed by atoms with Crippen molar-refractivity contribution >= 4 is 23.6 Å². The summed E-state index contributed by atoms with van der Waals surface area (Å²) in [6.07, 6.45) is -3.42. The Kier molecular flexibility index (Phi) is 11.9. The second kappa shape index (κ2) is 14.7. The molecule has 13 heteroatoms. The number of carbonyl (C=O) groups is 2. The third-order valence-electron chi connectivity index (χ3n) is 7.58. The summed E-state index contributed by atoms with van der Waals surface area (Å²) in [4.78, 5) is 27.6. The molecule has 0 saturated carbocycles. The maximum atomic E-state index is 13.3. The molecule has 0 bridgehead atoms. The maximum absolute atomic E-state index is 13.3. The minimum atomic E-state index is -1.56. The zero-order chi connectivity index (χ0) is 29.6. The summed E-state index contributed by atoms with van der Waals surface area (Å²) in [5, 5.41) is 54.4. The molecule has 0 spiro atoms. The third-order valence-corrected chi connectivity index (χ3v) is 8.70. The Balaban J connectivity index is 1.63. The Morgan fingerprint density at radius 1 is 1.20 bits per heavy atom. The Labute approximate surface area is 238 Å². The topological polar surface area (TPSA) is 178 Å². The van der Waals surface area contributed by atoms with Crippen molar-refractivity contribution in [3.8, 4) is 11.5 Å². The van der Waals surface area contributed by atoms with E-state index in [9.17, 15) is 35.1 Å². The molecule has 2 aliphatic heterocycles. The number of methoxy groups -OCH3 is 1. The number of aliphatic hydroxyl groups is 3. The first-order valence-electron chi connectivity index (χ1n) is 13.5. The minimum Gasteiger partial charge on any atom is -0.508 e. The van der Waals surface area contributed by atoms with Crippen molar-refractivity contribution in [3.05, 3.63) is 23.8 Å². The molecule has 1 aromatic rings. The smallest absolute Gasteiger partial charge is 0.342 e. The fraction of sp³-hybridized carbons (Fsp3) is 0.704. The Bertz CT molecular complexity index is 1000. The first-order chi connectivity index (χ1) is 19.0. The van der Waals surface area contributed by atoms with Crippen LogP contribution in [0.15, 0.2) is 18.2 Å². The number of phenolic OH excluding ortho intramolecular Hbond substituents is 2. The van der Waals surface area contributed by atoms with E-state index in [4.69, 9.17) is 14.2 Å². The molecule has 0 aromatic heterocycles.